The molecule has 2 heteroatoms. The Morgan fingerprint density at radius 3 is 3.00 bits per heavy atom. The van der Waals surface area contributed by atoms with Gasteiger partial charge in [-0.05, 0) is 28.7 Å². The summed E-state index contributed by atoms with van der Waals surface area (Å²) < 4.78 is 8.21. The Bertz CT molecular complexity index is 178. The quantitative estimate of drug-likeness (QED) is 0.612. The second-order valence-electron chi connectivity index (χ2n) is 3.83. The summed E-state index contributed by atoms with van der Waals surface area (Å²) in [7, 11) is 0. The minimum atomic E-state index is 0.0174. The zero-order valence-electron chi connectivity index (χ0n) is 7.09. The van der Waals surface area contributed by atoms with Gasteiger partial charge in [0.15, 0.2) is 0 Å². The van der Waals surface area contributed by atoms with E-state index >= 15 is 0 Å². The van der Waals surface area contributed by atoms with E-state index < -0.39 is 0 Å². The van der Waals surface area contributed by atoms with Crippen molar-refractivity contribution < 1.29 is 3.07 Å². The molecule has 2 rings (SSSR count). The highest BCUT2D eigenvalue weighted by molar-refractivity contribution is 14.2. The molecule has 0 N–H and O–H groups in total. The van der Waals surface area contributed by atoms with Gasteiger partial charge in [-0.25, -0.2) is 0 Å². The lowest BCUT2D eigenvalue weighted by Gasteiger charge is -2.34. The molecule has 0 spiro atoms. The lowest BCUT2D eigenvalue weighted by atomic mass is 9.73. The van der Waals surface area contributed by atoms with Crippen molar-refractivity contribution in [2.45, 2.75) is 32.8 Å². The van der Waals surface area contributed by atoms with Gasteiger partial charge < -0.3 is 3.07 Å². The molecule has 0 bridgehead atoms. The maximum atomic E-state index is 5.73. The van der Waals surface area contributed by atoms with E-state index in [1.807, 2.05) is 0 Å². The molecule has 4 atom stereocenters. The molecule has 1 nitrogen and oxygen atoms in total. The molecule has 0 radical (unpaired) electrons. The largest absolute Gasteiger partial charge is 0.318 e. The van der Waals surface area contributed by atoms with Gasteiger partial charge in [-0.15, -0.1) is 0 Å². The molecule has 0 aromatic heterocycles. The van der Waals surface area contributed by atoms with Crippen molar-refractivity contribution in [2.24, 2.45) is 17.8 Å². The Hall–Kier alpha value is 0.560. The molecule has 0 amide bonds. The molecule has 0 aromatic rings. The van der Waals surface area contributed by atoms with E-state index in [9.17, 15) is 0 Å². The van der Waals surface area contributed by atoms with E-state index in [0.717, 1.165) is 17.8 Å². The van der Waals surface area contributed by atoms with Crippen molar-refractivity contribution in [3.05, 3.63) is 0 Å². The Morgan fingerprint density at radius 2 is 2.18 bits per heavy atom. The van der Waals surface area contributed by atoms with Crippen LogP contribution in [-0.2, 0) is 3.07 Å². The summed E-state index contributed by atoms with van der Waals surface area (Å²) in [5, 5.41) is 0. The summed E-state index contributed by atoms with van der Waals surface area (Å²) >= 11 is 0.0174. The minimum absolute atomic E-state index is 0.0174. The monoisotopic (exact) mass is 266 g/mol. The van der Waals surface area contributed by atoms with Gasteiger partial charge in [0.05, 0.1) is 6.10 Å². The van der Waals surface area contributed by atoms with Crippen molar-refractivity contribution in [1.82, 2.24) is 0 Å². The molecular formula is C9H15IO. The van der Waals surface area contributed by atoms with Crippen LogP contribution in [0.2, 0.25) is 0 Å². The number of halogens is 1. The molecule has 11 heavy (non-hydrogen) atoms. The summed E-state index contributed by atoms with van der Waals surface area (Å²) in [4.78, 5) is 0. The van der Waals surface area contributed by atoms with Crippen LogP contribution in [0.4, 0.5) is 0 Å². The SMILES string of the molecule is C[C@@H]1CCC2OI=CC2[C@@H]1C. The van der Waals surface area contributed by atoms with E-state index in [2.05, 4.69) is 17.9 Å². The minimum Gasteiger partial charge on any atom is -0.318 e. The molecule has 1 heterocycles. The van der Waals surface area contributed by atoms with Gasteiger partial charge in [0.1, 0.15) is 0 Å². The first-order valence-corrected chi connectivity index (χ1v) is 6.54. The molecule has 0 aromatic carbocycles. The number of rotatable bonds is 0. The van der Waals surface area contributed by atoms with Crippen LogP contribution >= 0.6 is 21.1 Å². The zero-order valence-corrected chi connectivity index (χ0v) is 9.24. The van der Waals surface area contributed by atoms with Crippen LogP contribution in [0.15, 0.2) is 0 Å². The van der Waals surface area contributed by atoms with Crippen molar-refractivity contribution in [3.8, 4) is 0 Å². The fourth-order valence-corrected chi connectivity index (χ4v) is 4.65. The normalized spacial score (nSPS) is 50.0. The Kier molecular flexibility index (Phi) is 2.33. The zero-order chi connectivity index (χ0) is 7.84. The summed E-state index contributed by atoms with van der Waals surface area (Å²) in [6, 6.07) is 0. The number of hydrogen-bond donors (Lipinski definition) is 0. The lowest BCUT2D eigenvalue weighted by Crippen LogP contribution is -2.34. The van der Waals surface area contributed by atoms with Crippen LogP contribution in [0, 0.1) is 17.8 Å². The van der Waals surface area contributed by atoms with Crippen LogP contribution in [0.1, 0.15) is 26.7 Å². The molecule has 2 aliphatic rings. The highest BCUT2D eigenvalue weighted by atomic mass is 127. The van der Waals surface area contributed by atoms with Crippen molar-refractivity contribution >= 4 is 25.2 Å². The molecule has 1 saturated carbocycles. The summed E-state index contributed by atoms with van der Waals surface area (Å²) in [5.74, 6) is 2.60. The number of fused-ring (bicyclic) bond motifs is 1. The summed E-state index contributed by atoms with van der Waals surface area (Å²) in [6.07, 6.45) is 3.31. The fourth-order valence-electron chi connectivity index (χ4n) is 2.06. The molecule has 1 aliphatic carbocycles. The van der Waals surface area contributed by atoms with E-state index in [1.165, 1.54) is 12.8 Å². The third kappa shape index (κ3) is 1.39. The van der Waals surface area contributed by atoms with Crippen LogP contribution < -0.4 is 0 Å². The second kappa shape index (κ2) is 3.13. The molecule has 0 saturated heterocycles. The average molecular weight is 266 g/mol. The van der Waals surface area contributed by atoms with E-state index in [-0.39, 0.29) is 21.1 Å². The Morgan fingerprint density at radius 1 is 1.36 bits per heavy atom. The van der Waals surface area contributed by atoms with E-state index in [0.29, 0.717) is 6.10 Å². The molecule has 1 fully saturated rings. The van der Waals surface area contributed by atoms with Gasteiger partial charge in [0, 0.05) is 27.1 Å². The predicted molar refractivity (Wildman–Crippen MR) is 56.0 cm³/mol. The third-order valence-electron chi connectivity index (χ3n) is 3.20. The van der Waals surface area contributed by atoms with Gasteiger partial charge in [-0.3, -0.25) is 0 Å². The van der Waals surface area contributed by atoms with Gasteiger partial charge >= 0.3 is 0 Å². The second-order valence-corrected chi connectivity index (χ2v) is 5.57. The Labute approximate surface area is 78.8 Å². The Balaban J connectivity index is 2.11. The van der Waals surface area contributed by atoms with Crippen molar-refractivity contribution in [3.63, 3.8) is 0 Å². The third-order valence-corrected chi connectivity index (χ3v) is 5.27. The first-order valence-electron chi connectivity index (χ1n) is 4.41. The van der Waals surface area contributed by atoms with Gasteiger partial charge in [-0.1, -0.05) is 13.8 Å². The first kappa shape index (κ1) is 8.17. The maximum Gasteiger partial charge on any atom is 0.0765 e. The topological polar surface area (TPSA) is 9.23 Å². The van der Waals surface area contributed by atoms with Crippen molar-refractivity contribution in [1.29, 1.82) is 0 Å². The lowest BCUT2D eigenvalue weighted by molar-refractivity contribution is 0.108. The highest BCUT2D eigenvalue weighted by Crippen LogP contribution is 2.40. The predicted octanol–water partition coefficient (Wildman–Crippen LogP) is 2.76. The van der Waals surface area contributed by atoms with E-state index in [1.54, 1.807) is 0 Å². The van der Waals surface area contributed by atoms with E-state index in [4.69, 9.17) is 3.07 Å². The smallest absolute Gasteiger partial charge is 0.0765 e. The molecule has 1 aliphatic heterocycles. The van der Waals surface area contributed by atoms with Crippen LogP contribution in [0.5, 0.6) is 0 Å². The number of hydrogen-bond acceptors (Lipinski definition) is 1. The highest BCUT2D eigenvalue weighted by Gasteiger charge is 2.36. The van der Waals surface area contributed by atoms with Gasteiger partial charge in [0.2, 0.25) is 0 Å². The maximum absolute atomic E-state index is 5.73. The molecular weight excluding hydrogens is 251 g/mol. The summed E-state index contributed by atoms with van der Waals surface area (Å²) in [5.41, 5.74) is 0. The summed E-state index contributed by atoms with van der Waals surface area (Å²) in [6.45, 7) is 4.77. The van der Waals surface area contributed by atoms with Crippen molar-refractivity contribution in [2.75, 3.05) is 0 Å². The molecule has 64 valence electrons. The average Bonchev–Trinajstić information content (AvgIpc) is 2.45. The van der Waals surface area contributed by atoms with Gasteiger partial charge in [0.25, 0.3) is 0 Å². The molecule has 2 unspecified atom stereocenters. The standard InChI is InChI=1S/C9H15IO/c1-6-3-4-9-8(7(6)2)5-10-11-9/h5-9H,3-4H2,1-2H3/t6-,7-,8?,9?/m1/s1. The van der Waals surface area contributed by atoms with Crippen LogP contribution in [0.3, 0.4) is 0 Å². The van der Waals surface area contributed by atoms with Crippen LogP contribution in [-0.4, -0.2) is 10.1 Å². The first-order chi connectivity index (χ1) is 5.29. The van der Waals surface area contributed by atoms with Gasteiger partial charge in [-0.2, -0.15) is 0 Å². The van der Waals surface area contributed by atoms with Crippen LogP contribution in [0.25, 0.3) is 0 Å². The fraction of sp³-hybridized carbons (Fsp3) is 0.889.